The molecule has 16 nitrogen and oxygen atoms in total. The first-order valence-corrected chi connectivity index (χ1v) is 19.7. The number of pyridine rings is 1. The number of hydrogen-bond acceptors (Lipinski definition) is 11. The minimum Gasteiger partial charge on any atom is -0.444 e. The molecule has 0 bridgehead atoms. The minimum absolute atomic E-state index is 0.0418. The van der Waals surface area contributed by atoms with E-state index in [-0.39, 0.29) is 41.2 Å². The van der Waals surface area contributed by atoms with E-state index in [0.29, 0.717) is 40.7 Å². The molecule has 0 unspecified atom stereocenters. The average Bonchev–Trinajstić information content (AvgIpc) is 3.15. The van der Waals surface area contributed by atoms with Crippen molar-refractivity contribution in [1.29, 1.82) is 0 Å². The van der Waals surface area contributed by atoms with Gasteiger partial charge in [0, 0.05) is 74.2 Å². The molecule has 4 aromatic rings. The lowest BCUT2D eigenvalue weighted by molar-refractivity contribution is 0.0526. The third kappa shape index (κ3) is 11.5. The molecule has 2 aromatic carbocycles. The van der Waals surface area contributed by atoms with E-state index in [1.165, 1.54) is 30.3 Å². The molecular formula is C39H48N6O10S. The van der Waals surface area contributed by atoms with Gasteiger partial charge in [-0.2, -0.15) is 0 Å². The third-order valence-electron chi connectivity index (χ3n) is 8.39. The number of aromatic nitrogens is 1. The maximum absolute atomic E-state index is 13.5. The summed E-state index contributed by atoms with van der Waals surface area (Å²) in [7, 11) is -4.53. The number of nitrogens with one attached hydrogen (secondary N) is 4. The van der Waals surface area contributed by atoms with Gasteiger partial charge in [0.25, 0.3) is 33.3 Å². The van der Waals surface area contributed by atoms with Crippen LogP contribution >= 0.6 is 0 Å². The van der Waals surface area contributed by atoms with E-state index in [1.54, 1.807) is 32.9 Å². The molecule has 4 N–H and O–H groups in total. The Bertz CT molecular complexity index is 2290. The van der Waals surface area contributed by atoms with Crippen molar-refractivity contribution < 1.29 is 36.7 Å². The second-order valence-electron chi connectivity index (χ2n) is 13.7. The van der Waals surface area contributed by atoms with Crippen molar-refractivity contribution in [3.8, 4) is 0 Å². The molecule has 4 rings (SSSR count). The summed E-state index contributed by atoms with van der Waals surface area (Å²) < 4.78 is 38.1. The molecule has 0 fully saturated rings. The largest absolute Gasteiger partial charge is 0.444 e. The number of benzene rings is 2. The van der Waals surface area contributed by atoms with Gasteiger partial charge in [-0.15, -0.1) is 0 Å². The topological polar surface area (TPSA) is 215 Å². The van der Waals surface area contributed by atoms with Gasteiger partial charge in [0.1, 0.15) is 16.7 Å². The number of alkyl carbamates (subject to hydrolysis) is 1. The SMILES string of the molecule is CCN(CC)c1ccc2cc(C(=O)NCCNC(=O)c3cccc(S(=O)(=O)n4cc(C(=O)NCCCCCNC(=O)OC(C)(C)C)ccc4=O)c3)c(=O)oc2c1. The summed E-state index contributed by atoms with van der Waals surface area (Å²) in [5, 5.41) is 11.1. The maximum atomic E-state index is 13.5. The fraction of sp³-hybridized carbons (Fsp3) is 0.385. The van der Waals surface area contributed by atoms with Crippen molar-refractivity contribution in [2.75, 3.05) is 44.2 Å². The smallest absolute Gasteiger partial charge is 0.407 e. The van der Waals surface area contributed by atoms with Gasteiger partial charge in [0.05, 0.1) is 10.5 Å². The van der Waals surface area contributed by atoms with Gasteiger partial charge < -0.3 is 35.3 Å². The lowest BCUT2D eigenvalue weighted by atomic mass is 10.1. The standard InChI is InChI=1S/C39H48N6O10S/c1-6-44(7-2)29-16-14-26-23-31(37(50)54-32(26)24-29)36(49)42-21-20-41-34(47)27-12-11-13-30(22-27)56(52,53)45-25-28(15-17-33(45)46)35(48)40-18-9-8-10-19-43-38(51)55-39(3,4)5/h11-17,22-25H,6-10,18-21H2,1-5H3,(H,40,48)(H,41,47)(H,42,49)(H,43,51). The van der Waals surface area contributed by atoms with Crippen LogP contribution in [0.25, 0.3) is 11.0 Å². The Morgan fingerprint density at radius 2 is 1.39 bits per heavy atom. The van der Waals surface area contributed by atoms with Gasteiger partial charge >= 0.3 is 11.7 Å². The zero-order valence-corrected chi connectivity index (χ0v) is 32.9. The summed E-state index contributed by atoms with van der Waals surface area (Å²) in [6.07, 6.45) is 2.33. The second kappa shape index (κ2) is 19.1. The molecule has 56 heavy (non-hydrogen) atoms. The molecule has 0 spiro atoms. The number of anilines is 1. The lowest BCUT2D eigenvalue weighted by Gasteiger charge is -2.21. The third-order valence-corrected chi connectivity index (χ3v) is 10.0. The maximum Gasteiger partial charge on any atom is 0.407 e. The van der Waals surface area contributed by atoms with E-state index < -0.39 is 50.6 Å². The molecule has 2 heterocycles. The monoisotopic (exact) mass is 792 g/mol. The zero-order chi connectivity index (χ0) is 41.0. The van der Waals surface area contributed by atoms with Crippen molar-refractivity contribution in [3.63, 3.8) is 0 Å². The second-order valence-corrected chi connectivity index (χ2v) is 15.5. The van der Waals surface area contributed by atoms with E-state index >= 15 is 0 Å². The summed E-state index contributed by atoms with van der Waals surface area (Å²) in [6, 6.07) is 14.0. The van der Waals surface area contributed by atoms with E-state index in [1.807, 2.05) is 19.9 Å². The molecule has 0 aliphatic heterocycles. The summed E-state index contributed by atoms with van der Waals surface area (Å²) >= 11 is 0. The molecular weight excluding hydrogens is 745 g/mol. The molecule has 17 heteroatoms. The molecule has 300 valence electrons. The normalized spacial score (nSPS) is 11.4. The molecule has 0 aliphatic rings. The number of fused-ring (bicyclic) bond motifs is 1. The number of ether oxygens (including phenoxy) is 1. The highest BCUT2D eigenvalue weighted by Crippen LogP contribution is 2.22. The Morgan fingerprint density at radius 1 is 0.750 bits per heavy atom. The summed E-state index contributed by atoms with van der Waals surface area (Å²) in [6.45, 7) is 11.4. The highest BCUT2D eigenvalue weighted by atomic mass is 32.2. The Morgan fingerprint density at radius 3 is 2.07 bits per heavy atom. The minimum atomic E-state index is -4.53. The highest BCUT2D eigenvalue weighted by Gasteiger charge is 2.22. The van der Waals surface area contributed by atoms with Gasteiger partial charge in [-0.05, 0) is 96.3 Å². The lowest BCUT2D eigenvalue weighted by Crippen LogP contribution is -2.36. The van der Waals surface area contributed by atoms with Crippen LogP contribution in [0.2, 0.25) is 0 Å². The predicted octanol–water partition coefficient (Wildman–Crippen LogP) is 3.62. The number of unbranched alkanes of at least 4 members (excludes halogenated alkanes) is 2. The summed E-state index contributed by atoms with van der Waals surface area (Å²) in [5.41, 5.74) is -1.39. The molecule has 4 amide bonds. The summed E-state index contributed by atoms with van der Waals surface area (Å²) in [5.74, 6) is -1.94. The Labute approximate surface area is 324 Å². The molecule has 2 aromatic heterocycles. The number of rotatable bonds is 17. The fourth-order valence-electron chi connectivity index (χ4n) is 5.53. The quantitative estimate of drug-likeness (QED) is 0.0895. The number of hydrogen-bond donors (Lipinski definition) is 4. The number of carbonyl (C=O) groups excluding carboxylic acids is 4. The molecule has 0 aliphatic carbocycles. The van der Waals surface area contributed by atoms with E-state index in [4.69, 9.17) is 9.15 Å². The van der Waals surface area contributed by atoms with Crippen LogP contribution in [-0.2, 0) is 14.8 Å². The van der Waals surface area contributed by atoms with Crippen molar-refractivity contribution in [2.45, 2.75) is 64.4 Å². The van der Waals surface area contributed by atoms with Crippen LogP contribution in [-0.4, -0.2) is 81.1 Å². The number of carbonyl (C=O) groups is 4. The molecule has 0 saturated carbocycles. The van der Waals surface area contributed by atoms with Crippen LogP contribution in [0, 0.1) is 0 Å². The van der Waals surface area contributed by atoms with Crippen molar-refractivity contribution >= 4 is 50.5 Å². The summed E-state index contributed by atoms with van der Waals surface area (Å²) in [4.78, 5) is 77.3. The van der Waals surface area contributed by atoms with E-state index in [0.717, 1.165) is 37.1 Å². The van der Waals surface area contributed by atoms with Gasteiger partial charge in [0.15, 0.2) is 0 Å². The van der Waals surface area contributed by atoms with E-state index in [9.17, 15) is 37.2 Å². The Kier molecular flexibility index (Phi) is 14.6. The number of amides is 4. The molecule has 0 atom stereocenters. The molecule has 0 radical (unpaired) electrons. The van der Waals surface area contributed by atoms with Gasteiger partial charge in [-0.1, -0.05) is 6.07 Å². The highest BCUT2D eigenvalue weighted by molar-refractivity contribution is 7.90. The van der Waals surface area contributed by atoms with Crippen LogP contribution in [0.1, 0.15) is 85.0 Å². The fourth-order valence-corrected chi connectivity index (χ4v) is 6.83. The van der Waals surface area contributed by atoms with Gasteiger partial charge in [0.2, 0.25) is 0 Å². The first-order valence-electron chi connectivity index (χ1n) is 18.3. The van der Waals surface area contributed by atoms with Crippen LogP contribution in [0.3, 0.4) is 0 Å². The van der Waals surface area contributed by atoms with Gasteiger partial charge in [-0.3, -0.25) is 19.2 Å². The first kappa shape index (κ1) is 42.8. The van der Waals surface area contributed by atoms with Gasteiger partial charge in [-0.25, -0.2) is 22.0 Å². The van der Waals surface area contributed by atoms with Crippen LogP contribution in [0.4, 0.5) is 10.5 Å². The van der Waals surface area contributed by atoms with Crippen molar-refractivity contribution in [3.05, 3.63) is 104 Å². The van der Waals surface area contributed by atoms with Crippen LogP contribution < -0.4 is 37.4 Å². The van der Waals surface area contributed by atoms with Crippen molar-refractivity contribution in [2.24, 2.45) is 0 Å². The van der Waals surface area contributed by atoms with Crippen molar-refractivity contribution in [1.82, 2.24) is 25.2 Å². The van der Waals surface area contributed by atoms with E-state index in [2.05, 4.69) is 26.2 Å². The number of nitrogens with zero attached hydrogens (tertiary/aromatic N) is 2. The average molecular weight is 793 g/mol. The zero-order valence-electron chi connectivity index (χ0n) is 32.1. The Hall–Kier alpha value is -5.97. The molecule has 0 saturated heterocycles. The Balaban J connectivity index is 1.30. The predicted molar refractivity (Wildman–Crippen MR) is 211 cm³/mol. The van der Waals surface area contributed by atoms with Crippen LogP contribution in [0.15, 0.2) is 85.8 Å². The first-order chi connectivity index (χ1) is 26.5. The van der Waals surface area contributed by atoms with Crippen LogP contribution in [0.5, 0.6) is 0 Å².